The molecule has 1 saturated heterocycles. The average Bonchev–Trinajstić information content (AvgIpc) is 2.59. The number of hydrogen-bond acceptors (Lipinski definition) is 2. The standard InChI is InChI=1S/C21H36N4.HI/c1-16(2)15-25-11-9-20(10-12-25)24-21(22-5)23-14-18(4)19-8-6-7-17(3)13-19;/h6-8,13,16,18,20H,9-12,14-15H2,1-5H3,(H2,22,23,24);1H. The molecule has 0 bridgehead atoms. The van der Waals surface area contributed by atoms with Crippen LogP contribution in [0.1, 0.15) is 50.7 Å². The van der Waals surface area contributed by atoms with Gasteiger partial charge in [0.1, 0.15) is 0 Å². The molecule has 0 aliphatic carbocycles. The third kappa shape index (κ3) is 7.82. The van der Waals surface area contributed by atoms with Crippen LogP contribution in [0.4, 0.5) is 0 Å². The minimum absolute atomic E-state index is 0. The van der Waals surface area contributed by atoms with Gasteiger partial charge in [-0.05, 0) is 37.2 Å². The smallest absolute Gasteiger partial charge is 0.191 e. The highest BCUT2D eigenvalue weighted by atomic mass is 127. The number of nitrogens with zero attached hydrogens (tertiary/aromatic N) is 2. The minimum Gasteiger partial charge on any atom is -0.356 e. The Balaban J connectivity index is 0.00000338. The topological polar surface area (TPSA) is 39.7 Å². The third-order valence-corrected chi connectivity index (χ3v) is 4.96. The molecular weight excluding hydrogens is 435 g/mol. The van der Waals surface area contributed by atoms with Gasteiger partial charge in [0.2, 0.25) is 0 Å². The molecule has 26 heavy (non-hydrogen) atoms. The fraction of sp³-hybridized carbons (Fsp3) is 0.667. The molecule has 1 aromatic rings. The van der Waals surface area contributed by atoms with Crippen molar-refractivity contribution in [2.75, 3.05) is 33.2 Å². The number of likely N-dealkylation sites (tertiary alicyclic amines) is 1. The second-order valence-corrected chi connectivity index (χ2v) is 7.88. The summed E-state index contributed by atoms with van der Waals surface area (Å²) in [5, 5.41) is 7.11. The Kier molecular flexibility index (Phi) is 10.5. The van der Waals surface area contributed by atoms with Crippen LogP contribution in [-0.2, 0) is 0 Å². The van der Waals surface area contributed by atoms with Gasteiger partial charge in [-0.2, -0.15) is 0 Å². The molecule has 0 amide bonds. The largest absolute Gasteiger partial charge is 0.356 e. The quantitative estimate of drug-likeness (QED) is 0.374. The van der Waals surface area contributed by atoms with Crippen LogP contribution in [0.3, 0.4) is 0 Å². The molecule has 2 rings (SSSR count). The summed E-state index contributed by atoms with van der Waals surface area (Å²) in [5.74, 6) is 2.15. The van der Waals surface area contributed by atoms with Gasteiger partial charge in [0, 0.05) is 39.3 Å². The fourth-order valence-corrected chi connectivity index (χ4v) is 3.51. The molecule has 1 aliphatic heterocycles. The van der Waals surface area contributed by atoms with E-state index in [0.717, 1.165) is 18.4 Å². The lowest BCUT2D eigenvalue weighted by Gasteiger charge is -2.34. The Morgan fingerprint density at radius 2 is 1.92 bits per heavy atom. The zero-order valence-electron chi connectivity index (χ0n) is 17.1. The second kappa shape index (κ2) is 11.8. The number of guanidine groups is 1. The Labute approximate surface area is 177 Å². The first-order valence-corrected chi connectivity index (χ1v) is 9.74. The molecule has 0 aromatic heterocycles. The number of hydrogen-bond donors (Lipinski definition) is 2. The van der Waals surface area contributed by atoms with Crippen molar-refractivity contribution in [1.82, 2.24) is 15.5 Å². The van der Waals surface area contributed by atoms with Crippen molar-refractivity contribution in [1.29, 1.82) is 0 Å². The Bertz CT molecular complexity index is 551. The maximum atomic E-state index is 4.41. The lowest BCUT2D eigenvalue weighted by Crippen LogP contribution is -2.49. The normalized spacial score (nSPS) is 17.7. The second-order valence-electron chi connectivity index (χ2n) is 7.88. The number of halogens is 1. The summed E-state index contributed by atoms with van der Waals surface area (Å²) in [4.78, 5) is 7.00. The summed E-state index contributed by atoms with van der Waals surface area (Å²) >= 11 is 0. The fourth-order valence-electron chi connectivity index (χ4n) is 3.51. The van der Waals surface area contributed by atoms with Gasteiger partial charge in [-0.15, -0.1) is 24.0 Å². The Morgan fingerprint density at radius 3 is 2.50 bits per heavy atom. The summed E-state index contributed by atoms with van der Waals surface area (Å²) in [5.41, 5.74) is 2.70. The lowest BCUT2D eigenvalue weighted by molar-refractivity contribution is 0.187. The van der Waals surface area contributed by atoms with E-state index in [1.165, 1.54) is 43.6 Å². The summed E-state index contributed by atoms with van der Waals surface area (Å²) in [6.07, 6.45) is 2.39. The predicted octanol–water partition coefficient (Wildman–Crippen LogP) is 4.00. The summed E-state index contributed by atoms with van der Waals surface area (Å²) in [6, 6.07) is 9.30. The van der Waals surface area contributed by atoms with Crippen LogP contribution in [-0.4, -0.2) is 50.1 Å². The molecule has 1 aromatic carbocycles. The van der Waals surface area contributed by atoms with E-state index in [0.29, 0.717) is 12.0 Å². The van der Waals surface area contributed by atoms with Crippen molar-refractivity contribution in [3.8, 4) is 0 Å². The zero-order chi connectivity index (χ0) is 18.2. The van der Waals surface area contributed by atoms with E-state index in [2.05, 4.69) is 72.5 Å². The Hall–Kier alpha value is -0.820. The molecule has 4 nitrogen and oxygen atoms in total. The SMILES string of the molecule is CN=C(NCC(C)c1cccc(C)c1)NC1CCN(CC(C)C)CC1.I. The van der Waals surface area contributed by atoms with Crippen molar-refractivity contribution in [2.24, 2.45) is 10.9 Å². The molecular formula is C21H37IN4. The number of nitrogens with one attached hydrogen (secondary N) is 2. The highest BCUT2D eigenvalue weighted by Gasteiger charge is 2.20. The van der Waals surface area contributed by atoms with Crippen LogP contribution >= 0.6 is 24.0 Å². The first-order valence-electron chi connectivity index (χ1n) is 9.74. The highest BCUT2D eigenvalue weighted by molar-refractivity contribution is 14.0. The first-order chi connectivity index (χ1) is 12.0. The van der Waals surface area contributed by atoms with Gasteiger partial charge >= 0.3 is 0 Å². The van der Waals surface area contributed by atoms with E-state index in [1.807, 2.05) is 7.05 Å². The summed E-state index contributed by atoms with van der Waals surface area (Å²) < 4.78 is 0. The molecule has 0 saturated carbocycles. The van der Waals surface area contributed by atoms with Gasteiger partial charge in [-0.25, -0.2) is 0 Å². The summed E-state index contributed by atoms with van der Waals surface area (Å²) in [7, 11) is 1.86. The van der Waals surface area contributed by atoms with Crippen LogP contribution in [0.2, 0.25) is 0 Å². The van der Waals surface area contributed by atoms with Crippen molar-refractivity contribution in [3.63, 3.8) is 0 Å². The van der Waals surface area contributed by atoms with Crippen LogP contribution in [0.25, 0.3) is 0 Å². The van der Waals surface area contributed by atoms with Gasteiger partial charge in [0.05, 0.1) is 0 Å². The van der Waals surface area contributed by atoms with E-state index < -0.39 is 0 Å². The number of aliphatic imine (C=N–C) groups is 1. The van der Waals surface area contributed by atoms with Crippen LogP contribution in [0, 0.1) is 12.8 Å². The molecule has 1 fully saturated rings. The van der Waals surface area contributed by atoms with Gasteiger partial charge in [0.25, 0.3) is 0 Å². The van der Waals surface area contributed by atoms with Crippen molar-refractivity contribution in [3.05, 3.63) is 35.4 Å². The molecule has 148 valence electrons. The molecule has 5 heteroatoms. The number of aryl methyl sites for hydroxylation is 1. The maximum Gasteiger partial charge on any atom is 0.191 e. The molecule has 1 atom stereocenters. The maximum absolute atomic E-state index is 4.41. The average molecular weight is 472 g/mol. The number of piperidine rings is 1. The number of rotatable bonds is 6. The van der Waals surface area contributed by atoms with Crippen LogP contribution < -0.4 is 10.6 Å². The Morgan fingerprint density at radius 1 is 1.23 bits per heavy atom. The van der Waals surface area contributed by atoms with E-state index in [-0.39, 0.29) is 24.0 Å². The van der Waals surface area contributed by atoms with E-state index in [1.54, 1.807) is 0 Å². The zero-order valence-corrected chi connectivity index (χ0v) is 19.4. The summed E-state index contributed by atoms with van der Waals surface area (Å²) in [6.45, 7) is 13.5. The predicted molar refractivity (Wildman–Crippen MR) is 124 cm³/mol. The monoisotopic (exact) mass is 472 g/mol. The van der Waals surface area contributed by atoms with Crippen LogP contribution in [0.15, 0.2) is 29.3 Å². The van der Waals surface area contributed by atoms with E-state index in [9.17, 15) is 0 Å². The van der Waals surface area contributed by atoms with Crippen LogP contribution in [0.5, 0.6) is 0 Å². The van der Waals surface area contributed by atoms with Gasteiger partial charge < -0.3 is 15.5 Å². The molecule has 1 unspecified atom stereocenters. The van der Waals surface area contributed by atoms with Gasteiger partial charge in [0.15, 0.2) is 5.96 Å². The minimum atomic E-state index is 0. The van der Waals surface area contributed by atoms with Gasteiger partial charge in [-0.1, -0.05) is 50.6 Å². The van der Waals surface area contributed by atoms with Crippen molar-refractivity contribution >= 4 is 29.9 Å². The first kappa shape index (κ1) is 23.2. The van der Waals surface area contributed by atoms with E-state index in [4.69, 9.17) is 0 Å². The van der Waals surface area contributed by atoms with Crippen molar-refractivity contribution < 1.29 is 0 Å². The highest BCUT2D eigenvalue weighted by Crippen LogP contribution is 2.16. The molecule has 0 spiro atoms. The lowest BCUT2D eigenvalue weighted by atomic mass is 9.99. The third-order valence-electron chi connectivity index (χ3n) is 4.96. The van der Waals surface area contributed by atoms with Crippen molar-refractivity contribution in [2.45, 2.75) is 52.5 Å². The van der Waals surface area contributed by atoms with E-state index >= 15 is 0 Å². The molecule has 0 radical (unpaired) electrons. The van der Waals surface area contributed by atoms with Gasteiger partial charge in [-0.3, -0.25) is 4.99 Å². The number of benzene rings is 1. The molecule has 2 N–H and O–H groups in total. The molecule has 1 aliphatic rings. The molecule has 1 heterocycles.